The molecule has 0 fully saturated rings. The fraction of sp³-hybridized carbons (Fsp3) is 0.625. The molecule has 0 heterocycles. The molecule has 0 radical (unpaired) electrons. The normalized spacial score (nSPS) is 12.2. The van der Waals surface area contributed by atoms with Crippen molar-refractivity contribution in [2.75, 3.05) is 6.61 Å². The zero-order valence-corrected chi connectivity index (χ0v) is 6.87. The molecule has 0 saturated heterocycles. The van der Waals surface area contributed by atoms with E-state index in [0.29, 0.717) is 17.9 Å². The molecule has 0 rings (SSSR count). The summed E-state index contributed by atoms with van der Waals surface area (Å²) in [4.78, 5) is 10.4. The lowest BCUT2D eigenvalue weighted by Crippen LogP contribution is -2.04. The van der Waals surface area contributed by atoms with Gasteiger partial charge in [0.2, 0.25) is 0 Å². The number of hydrogen-bond acceptors (Lipinski definition) is 2. The lowest BCUT2D eigenvalue weighted by Gasteiger charge is -2.04. The van der Waals surface area contributed by atoms with E-state index in [1.807, 2.05) is 13.8 Å². The third-order valence-electron chi connectivity index (χ3n) is 1.24. The summed E-state index contributed by atoms with van der Waals surface area (Å²) in [6.45, 7) is 3.68. The second kappa shape index (κ2) is 4.91. The van der Waals surface area contributed by atoms with Crippen molar-refractivity contribution in [3.63, 3.8) is 0 Å². The topological polar surface area (TPSA) is 57.5 Å². The van der Waals surface area contributed by atoms with Gasteiger partial charge in [-0.25, -0.2) is 4.79 Å². The largest absolute Gasteiger partial charge is 0.478 e. The highest BCUT2D eigenvalue weighted by atomic mass is 16.4. The Morgan fingerprint density at radius 1 is 1.55 bits per heavy atom. The molecule has 3 nitrogen and oxygen atoms in total. The van der Waals surface area contributed by atoms with Gasteiger partial charge in [-0.15, -0.1) is 0 Å². The van der Waals surface area contributed by atoms with Crippen LogP contribution in [0.25, 0.3) is 0 Å². The number of carboxylic acid groups (broad SMARTS) is 1. The second-order valence-corrected chi connectivity index (χ2v) is 2.82. The summed E-state index contributed by atoms with van der Waals surface area (Å²) >= 11 is 0. The zero-order valence-electron chi connectivity index (χ0n) is 6.87. The van der Waals surface area contributed by atoms with E-state index in [9.17, 15) is 4.79 Å². The first-order chi connectivity index (χ1) is 5.07. The average molecular weight is 158 g/mol. The van der Waals surface area contributed by atoms with Crippen LogP contribution in [0.4, 0.5) is 0 Å². The quantitative estimate of drug-likeness (QED) is 0.601. The van der Waals surface area contributed by atoms with E-state index in [-0.39, 0.29) is 6.61 Å². The Labute approximate surface area is 66.4 Å². The minimum Gasteiger partial charge on any atom is -0.478 e. The molecule has 3 heteroatoms. The van der Waals surface area contributed by atoms with Gasteiger partial charge in [-0.1, -0.05) is 13.8 Å². The third-order valence-corrected chi connectivity index (χ3v) is 1.24. The number of hydrogen-bond donors (Lipinski definition) is 2. The molecule has 0 aromatic heterocycles. The fourth-order valence-corrected chi connectivity index (χ4v) is 0.808. The summed E-state index contributed by atoms with van der Waals surface area (Å²) in [5.74, 6) is -0.628. The van der Waals surface area contributed by atoms with Crippen LogP contribution in [-0.4, -0.2) is 22.8 Å². The van der Waals surface area contributed by atoms with Crippen LogP contribution in [0.2, 0.25) is 0 Å². The second-order valence-electron chi connectivity index (χ2n) is 2.82. The van der Waals surface area contributed by atoms with Crippen LogP contribution in [0, 0.1) is 5.92 Å². The standard InChI is InChI=1S/C8H14O3/c1-6(2)5-7(3-4-9)8(10)11/h3,6,9H,4-5H2,1-2H3,(H,10,11)/b7-3-. The van der Waals surface area contributed by atoms with E-state index in [1.165, 1.54) is 6.08 Å². The van der Waals surface area contributed by atoms with Crippen molar-refractivity contribution in [1.29, 1.82) is 0 Å². The van der Waals surface area contributed by atoms with Crippen molar-refractivity contribution < 1.29 is 15.0 Å². The van der Waals surface area contributed by atoms with E-state index in [4.69, 9.17) is 10.2 Å². The molecule has 0 saturated carbocycles. The maximum Gasteiger partial charge on any atom is 0.331 e. The fourth-order valence-electron chi connectivity index (χ4n) is 0.808. The molecule has 0 amide bonds. The number of carboxylic acids is 1. The van der Waals surface area contributed by atoms with Crippen LogP contribution in [0.5, 0.6) is 0 Å². The van der Waals surface area contributed by atoms with E-state index >= 15 is 0 Å². The Balaban J connectivity index is 4.12. The first-order valence-electron chi connectivity index (χ1n) is 3.61. The molecular formula is C8H14O3. The van der Waals surface area contributed by atoms with E-state index in [1.54, 1.807) is 0 Å². The highest BCUT2D eigenvalue weighted by Crippen LogP contribution is 2.09. The number of rotatable bonds is 4. The Morgan fingerprint density at radius 3 is 2.36 bits per heavy atom. The maximum atomic E-state index is 10.4. The van der Waals surface area contributed by atoms with E-state index in [0.717, 1.165) is 0 Å². The van der Waals surface area contributed by atoms with Gasteiger partial charge in [0, 0.05) is 5.57 Å². The van der Waals surface area contributed by atoms with Gasteiger partial charge in [0.25, 0.3) is 0 Å². The van der Waals surface area contributed by atoms with Crippen molar-refractivity contribution in [1.82, 2.24) is 0 Å². The Kier molecular flexibility index (Phi) is 4.54. The lowest BCUT2D eigenvalue weighted by atomic mass is 10.0. The molecule has 0 aliphatic rings. The molecular weight excluding hydrogens is 144 g/mol. The molecule has 0 aliphatic carbocycles. The molecule has 0 aromatic carbocycles. The SMILES string of the molecule is CC(C)C/C(=C/CO)C(=O)O. The van der Waals surface area contributed by atoms with Crippen LogP contribution in [0.3, 0.4) is 0 Å². The number of aliphatic hydroxyl groups excluding tert-OH is 1. The van der Waals surface area contributed by atoms with Gasteiger partial charge in [0.05, 0.1) is 6.61 Å². The van der Waals surface area contributed by atoms with E-state index < -0.39 is 5.97 Å². The minimum atomic E-state index is -0.937. The lowest BCUT2D eigenvalue weighted by molar-refractivity contribution is -0.132. The van der Waals surface area contributed by atoms with Gasteiger partial charge in [-0.3, -0.25) is 0 Å². The predicted octanol–water partition coefficient (Wildman–Crippen LogP) is 1.04. The van der Waals surface area contributed by atoms with Crippen molar-refractivity contribution in [3.8, 4) is 0 Å². The van der Waals surface area contributed by atoms with Gasteiger partial charge in [-0.2, -0.15) is 0 Å². The molecule has 0 atom stereocenters. The maximum absolute atomic E-state index is 10.4. The van der Waals surface area contributed by atoms with Crippen molar-refractivity contribution in [3.05, 3.63) is 11.6 Å². The van der Waals surface area contributed by atoms with Crippen LogP contribution in [0.15, 0.2) is 11.6 Å². The van der Waals surface area contributed by atoms with Gasteiger partial charge >= 0.3 is 5.97 Å². The molecule has 11 heavy (non-hydrogen) atoms. The number of aliphatic carboxylic acids is 1. The average Bonchev–Trinajstić information content (AvgIpc) is 1.86. The summed E-state index contributed by atoms with van der Waals surface area (Å²) in [6, 6.07) is 0. The number of aliphatic hydroxyl groups is 1. The Morgan fingerprint density at radius 2 is 2.09 bits per heavy atom. The highest BCUT2D eigenvalue weighted by molar-refractivity contribution is 5.86. The first kappa shape index (κ1) is 10.2. The smallest absolute Gasteiger partial charge is 0.331 e. The summed E-state index contributed by atoms with van der Waals surface area (Å²) in [7, 11) is 0. The van der Waals surface area contributed by atoms with Crippen molar-refractivity contribution >= 4 is 5.97 Å². The van der Waals surface area contributed by atoms with Crippen molar-refractivity contribution in [2.45, 2.75) is 20.3 Å². The Bertz CT molecular complexity index is 159. The van der Waals surface area contributed by atoms with Crippen LogP contribution in [0.1, 0.15) is 20.3 Å². The molecule has 64 valence electrons. The third kappa shape index (κ3) is 4.56. The highest BCUT2D eigenvalue weighted by Gasteiger charge is 2.07. The van der Waals surface area contributed by atoms with Gasteiger partial charge in [-0.05, 0) is 18.4 Å². The minimum absolute atomic E-state index is 0.200. The molecule has 0 aromatic rings. The molecule has 0 unspecified atom stereocenters. The predicted molar refractivity (Wildman–Crippen MR) is 42.3 cm³/mol. The van der Waals surface area contributed by atoms with Gasteiger partial charge < -0.3 is 10.2 Å². The van der Waals surface area contributed by atoms with Crippen LogP contribution < -0.4 is 0 Å². The monoisotopic (exact) mass is 158 g/mol. The Hall–Kier alpha value is -0.830. The van der Waals surface area contributed by atoms with Crippen LogP contribution >= 0.6 is 0 Å². The van der Waals surface area contributed by atoms with Gasteiger partial charge in [0.15, 0.2) is 0 Å². The number of carbonyl (C=O) groups is 1. The molecule has 0 spiro atoms. The molecule has 2 N–H and O–H groups in total. The van der Waals surface area contributed by atoms with Crippen LogP contribution in [-0.2, 0) is 4.79 Å². The van der Waals surface area contributed by atoms with Crippen molar-refractivity contribution in [2.24, 2.45) is 5.92 Å². The molecule has 0 bridgehead atoms. The first-order valence-corrected chi connectivity index (χ1v) is 3.61. The summed E-state index contributed by atoms with van der Waals surface area (Å²) in [6.07, 6.45) is 1.85. The zero-order chi connectivity index (χ0) is 8.85. The summed E-state index contributed by atoms with van der Waals surface area (Å²) in [5, 5.41) is 17.0. The summed E-state index contributed by atoms with van der Waals surface area (Å²) in [5.41, 5.74) is 0.294. The van der Waals surface area contributed by atoms with Gasteiger partial charge in [0.1, 0.15) is 0 Å². The van der Waals surface area contributed by atoms with E-state index in [2.05, 4.69) is 0 Å². The summed E-state index contributed by atoms with van der Waals surface area (Å²) < 4.78 is 0. The molecule has 0 aliphatic heterocycles.